The van der Waals surface area contributed by atoms with Crippen molar-refractivity contribution in [1.29, 1.82) is 0 Å². The second kappa shape index (κ2) is 47.2. The Morgan fingerprint density at radius 3 is 0.843 bits per heavy atom. The average molecular weight is 717 g/mol. The van der Waals surface area contributed by atoms with Crippen LogP contribution in [-0.4, -0.2) is 12.6 Å². The maximum atomic E-state index is 12.0. The molecular formula is C49H96O2. The molecule has 304 valence electrons. The van der Waals surface area contributed by atoms with Crippen LogP contribution in [0.4, 0.5) is 0 Å². The van der Waals surface area contributed by atoms with Crippen LogP contribution in [0.1, 0.15) is 290 Å². The molecule has 0 aromatic rings. The number of carbonyl (C=O) groups excluding carboxylic acids is 1. The van der Waals surface area contributed by atoms with Crippen molar-refractivity contribution in [1.82, 2.24) is 0 Å². The molecular weight excluding hydrogens is 621 g/mol. The van der Waals surface area contributed by atoms with Gasteiger partial charge in [0.15, 0.2) is 0 Å². The summed E-state index contributed by atoms with van der Waals surface area (Å²) < 4.78 is 5.49. The number of allylic oxidation sites excluding steroid dienone is 2. The van der Waals surface area contributed by atoms with E-state index in [-0.39, 0.29) is 5.97 Å². The Kier molecular flexibility index (Phi) is 46.5. The fourth-order valence-electron chi connectivity index (χ4n) is 7.55. The Hall–Kier alpha value is -0.790. The normalized spacial score (nSPS) is 11.6. The summed E-state index contributed by atoms with van der Waals surface area (Å²) >= 11 is 0. The zero-order valence-electron chi connectivity index (χ0n) is 35.6. The van der Waals surface area contributed by atoms with Crippen molar-refractivity contribution >= 4 is 5.97 Å². The van der Waals surface area contributed by atoms with Crippen molar-refractivity contribution in [2.45, 2.75) is 290 Å². The molecule has 0 fully saturated rings. The first kappa shape index (κ1) is 50.2. The molecule has 51 heavy (non-hydrogen) atoms. The van der Waals surface area contributed by atoms with Gasteiger partial charge >= 0.3 is 5.97 Å². The Morgan fingerprint density at radius 2 is 0.549 bits per heavy atom. The third-order valence-corrected chi connectivity index (χ3v) is 11.2. The lowest BCUT2D eigenvalue weighted by Gasteiger charge is -2.06. The van der Waals surface area contributed by atoms with Crippen molar-refractivity contribution < 1.29 is 9.53 Å². The van der Waals surface area contributed by atoms with Crippen molar-refractivity contribution in [2.75, 3.05) is 6.61 Å². The number of esters is 1. The molecule has 0 heterocycles. The number of rotatable bonds is 45. The van der Waals surface area contributed by atoms with E-state index in [0.717, 1.165) is 12.8 Å². The molecule has 0 aliphatic rings. The molecule has 0 rings (SSSR count). The fourth-order valence-corrected chi connectivity index (χ4v) is 7.55. The summed E-state index contributed by atoms with van der Waals surface area (Å²) in [6.07, 6.45) is 63.4. The van der Waals surface area contributed by atoms with Gasteiger partial charge in [0.05, 0.1) is 6.61 Å². The highest BCUT2D eigenvalue weighted by molar-refractivity contribution is 5.69. The van der Waals surface area contributed by atoms with Crippen molar-refractivity contribution in [2.24, 2.45) is 0 Å². The molecule has 0 N–H and O–H groups in total. The van der Waals surface area contributed by atoms with Crippen LogP contribution in [0.2, 0.25) is 0 Å². The zero-order chi connectivity index (χ0) is 36.8. The van der Waals surface area contributed by atoms with E-state index in [9.17, 15) is 4.79 Å². The number of unbranched alkanes of at least 4 members (excludes halogenated alkanes) is 39. The monoisotopic (exact) mass is 717 g/mol. The van der Waals surface area contributed by atoms with Crippen LogP contribution >= 0.6 is 0 Å². The Labute approximate surface area is 323 Å². The molecule has 0 aromatic heterocycles. The van der Waals surface area contributed by atoms with Crippen LogP contribution < -0.4 is 0 Å². The molecule has 0 bridgehead atoms. The van der Waals surface area contributed by atoms with Crippen LogP contribution in [0, 0.1) is 0 Å². The highest BCUT2D eigenvalue weighted by atomic mass is 16.5. The highest BCUT2D eigenvalue weighted by Gasteiger charge is 2.03. The Morgan fingerprint density at radius 1 is 0.314 bits per heavy atom. The zero-order valence-corrected chi connectivity index (χ0v) is 35.6. The van der Waals surface area contributed by atoms with Gasteiger partial charge in [-0.1, -0.05) is 257 Å². The Balaban J connectivity index is 3.16. The summed E-state index contributed by atoms with van der Waals surface area (Å²) in [6, 6.07) is 0. The first-order chi connectivity index (χ1) is 25.3. The maximum absolute atomic E-state index is 12.0. The van der Waals surface area contributed by atoms with Crippen LogP contribution in [0.15, 0.2) is 12.2 Å². The maximum Gasteiger partial charge on any atom is 0.305 e. The first-order valence-corrected chi connectivity index (χ1v) is 24.1. The minimum atomic E-state index is 0.0281. The van der Waals surface area contributed by atoms with E-state index < -0.39 is 0 Å². The van der Waals surface area contributed by atoms with Gasteiger partial charge in [-0.15, -0.1) is 0 Å². The van der Waals surface area contributed by atoms with Crippen LogP contribution in [-0.2, 0) is 9.53 Å². The molecule has 0 atom stereocenters. The lowest BCUT2D eigenvalue weighted by atomic mass is 10.0. The van der Waals surface area contributed by atoms with E-state index in [2.05, 4.69) is 26.0 Å². The summed E-state index contributed by atoms with van der Waals surface area (Å²) in [5, 5.41) is 0. The third-order valence-electron chi connectivity index (χ3n) is 11.2. The predicted molar refractivity (Wildman–Crippen MR) is 230 cm³/mol. The molecule has 2 heteroatoms. The summed E-state index contributed by atoms with van der Waals surface area (Å²) in [5.41, 5.74) is 0. The largest absolute Gasteiger partial charge is 0.466 e. The van der Waals surface area contributed by atoms with Crippen molar-refractivity contribution in [3.8, 4) is 0 Å². The van der Waals surface area contributed by atoms with Gasteiger partial charge in [0.25, 0.3) is 0 Å². The molecule has 2 nitrogen and oxygen atoms in total. The van der Waals surface area contributed by atoms with Gasteiger partial charge in [0, 0.05) is 6.42 Å². The topological polar surface area (TPSA) is 26.3 Å². The molecule has 0 radical (unpaired) electrons. The smallest absolute Gasteiger partial charge is 0.305 e. The predicted octanol–water partition coefficient (Wildman–Crippen LogP) is 17.9. The molecule has 0 saturated heterocycles. The SMILES string of the molecule is CCCCCCCCC=CCCCCCCCCCCCC(=O)OCCCCCCCCCCCCCCCCCCCCCCCCCCC. The Bertz CT molecular complexity index is 655. The minimum absolute atomic E-state index is 0.0281. The van der Waals surface area contributed by atoms with E-state index in [1.807, 2.05) is 0 Å². The van der Waals surface area contributed by atoms with Crippen molar-refractivity contribution in [3.63, 3.8) is 0 Å². The van der Waals surface area contributed by atoms with Gasteiger partial charge in [-0.2, -0.15) is 0 Å². The molecule has 0 aromatic carbocycles. The first-order valence-electron chi connectivity index (χ1n) is 24.1. The average Bonchev–Trinajstić information content (AvgIpc) is 3.14. The second-order valence-electron chi connectivity index (χ2n) is 16.5. The van der Waals surface area contributed by atoms with E-state index in [4.69, 9.17) is 4.74 Å². The van der Waals surface area contributed by atoms with Gasteiger partial charge in [-0.3, -0.25) is 4.79 Å². The van der Waals surface area contributed by atoms with E-state index >= 15 is 0 Å². The minimum Gasteiger partial charge on any atom is -0.466 e. The molecule has 0 aliphatic carbocycles. The van der Waals surface area contributed by atoms with Gasteiger partial charge in [0.2, 0.25) is 0 Å². The molecule has 0 unspecified atom stereocenters. The second-order valence-corrected chi connectivity index (χ2v) is 16.5. The van der Waals surface area contributed by atoms with E-state index in [0.29, 0.717) is 13.0 Å². The fraction of sp³-hybridized carbons (Fsp3) is 0.939. The summed E-state index contributed by atoms with van der Waals surface area (Å²) in [7, 11) is 0. The summed E-state index contributed by atoms with van der Waals surface area (Å²) in [5.74, 6) is 0.0281. The van der Waals surface area contributed by atoms with Gasteiger partial charge < -0.3 is 4.74 Å². The van der Waals surface area contributed by atoms with Crippen LogP contribution in [0.25, 0.3) is 0 Å². The molecule has 0 saturated carbocycles. The molecule has 0 spiro atoms. The number of hydrogen-bond acceptors (Lipinski definition) is 2. The molecule has 0 aliphatic heterocycles. The van der Waals surface area contributed by atoms with Gasteiger partial charge in [0.1, 0.15) is 0 Å². The van der Waals surface area contributed by atoms with Gasteiger partial charge in [-0.25, -0.2) is 0 Å². The third kappa shape index (κ3) is 47.2. The highest BCUT2D eigenvalue weighted by Crippen LogP contribution is 2.17. The van der Waals surface area contributed by atoms with Crippen molar-refractivity contribution in [3.05, 3.63) is 12.2 Å². The lowest BCUT2D eigenvalue weighted by Crippen LogP contribution is -2.05. The van der Waals surface area contributed by atoms with E-state index in [1.54, 1.807) is 0 Å². The number of ether oxygens (including phenoxy) is 1. The lowest BCUT2D eigenvalue weighted by molar-refractivity contribution is -0.143. The standard InChI is InChI=1S/C49H96O2/c1-3-5-7-9-11-13-15-17-19-21-23-24-25-26-27-28-30-32-34-36-38-40-42-44-46-48-51-49(50)47-45-43-41-39-37-35-33-31-29-22-20-18-16-14-12-10-8-6-4-2/h18,20H,3-17,19,21-48H2,1-2H3. The summed E-state index contributed by atoms with van der Waals surface area (Å²) in [6.45, 7) is 5.22. The quantitative estimate of drug-likeness (QED) is 0.0356. The van der Waals surface area contributed by atoms with Gasteiger partial charge in [-0.05, 0) is 38.5 Å². The van der Waals surface area contributed by atoms with Crippen LogP contribution in [0.5, 0.6) is 0 Å². The summed E-state index contributed by atoms with van der Waals surface area (Å²) in [4.78, 5) is 12.0. The van der Waals surface area contributed by atoms with Crippen LogP contribution in [0.3, 0.4) is 0 Å². The number of carbonyl (C=O) groups is 1. The van der Waals surface area contributed by atoms with E-state index in [1.165, 1.54) is 257 Å². The number of hydrogen-bond donors (Lipinski definition) is 0. The molecule has 0 amide bonds.